The van der Waals surface area contributed by atoms with E-state index in [0.29, 0.717) is 6.42 Å². The van der Waals surface area contributed by atoms with Crippen LogP contribution in [0.15, 0.2) is 15.9 Å². The molecule has 2 rings (SSSR count). The maximum Gasteiger partial charge on any atom is 0.332 e. The Morgan fingerprint density at radius 1 is 1.53 bits per heavy atom. The molecular weight excluding hydrogens is 252 g/mol. The van der Waals surface area contributed by atoms with E-state index >= 15 is 0 Å². The van der Waals surface area contributed by atoms with E-state index in [1.165, 1.54) is 17.9 Å². The Morgan fingerprint density at radius 2 is 2.21 bits per heavy atom. The quantitative estimate of drug-likeness (QED) is 0.777. The van der Waals surface area contributed by atoms with Crippen molar-refractivity contribution in [2.45, 2.75) is 19.9 Å². The molecule has 0 aliphatic carbocycles. The summed E-state index contributed by atoms with van der Waals surface area (Å²) in [7, 11) is 1.49. The summed E-state index contributed by atoms with van der Waals surface area (Å²) in [6, 6.07) is 0. The number of aromatic nitrogens is 4. The molecule has 0 bridgehead atoms. The van der Waals surface area contributed by atoms with Crippen LogP contribution in [-0.2, 0) is 18.4 Å². The highest BCUT2D eigenvalue weighted by molar-refractivity contribution is 5.70. The first kappa shape index (κ1) is 13.1. The summed E-state index contributed by atoms with van der Waals surface area (Å²) in [5.74, 6) is -1.80. The predicted molar refractivity (Wildman–Crippen MR) is 67.0 cm³/mol. The van der Waals surface area contributed by atoms with Gasteiger partial charge in [0, 0.05) is 13.6 Å². The van der Waals surface area contributed by atoms with Crippen LogP contribution in [0.2, 0.25) is 0 Å². The van der Waals surface area contributed by atoms with Gasteiger partial charge in [-0.15, -0.1) is 0 Å². The van der Waals surface area contributed by atoms with E-state index in [2.05, 4.69) is 9.97 Å². The van der Waals surface area contributed by atoms with E-state index < -0.39 is 23.1 Å². The van der Waals surface area contributed by atoms with E-state index in [1.54, 1.807) is 6.92 Å². The smallest absolute Gasteiger partial charge is 0.332 e. The molecule has 0 aliphatic heterocycles. The number of hydrogen-bond acceptors (Lipinski definition) is 4. The van der Waals surface area contributed by atoms with Gasteiger partial charge in [0.25, 0.3) is 5.56 Å². The summed E-state index contributed by atoms with van der Waals surface area (Å²) in [4.78, 5) is 41.7. The molecule has 0 aromatic carbocycles. The highest BCUT2D eigenvalue weighted by atomic mass is 16.4. The fourth-order valence-electron chi connectivity index (χ4n) is 1.96. The Morgan fingerprint density at radius 3 is 2.79 bits per heavy atom. The van der Waals surface area contributed by atoms with E-state index in [4.69, 9.17) is 5.11 Å². The summed E-state index contributed by atoms with van der Waals surface area (Å²) < 4.78 is 2.16. The third kappa shape index (κ3) is 2.05. The molecule has 19 heavy (non-hydrogen) atoms. The molecule has 2 aromatic heterocycles. The number of carboxylic acid groups (broad SMARTS) is 1. The van der Waals surface area contributed by atoms with Crippen LogP contribution < -0.4 is 11.2 Å². The zero-order valence-corrected chi connectivity index (χ0v) is 10.6. The van der Waals surface area contributed by atoms with Crippen molar-refractivity contribution < 1.29 is 9.90 Å². The first-order chi connectivity index (χ1) is 8.97. The third-order valence-corrected chi connectivity index (χ3v) is 3.16. The molecular formula is C11H14N4O4. The number of fused-ring (bicyclic) bond motifs is 1. The number of imidazole rings is 1. The summed E-state index contributed by atoms with van der Waals surface area (Å²) in [6.07, 6.45) is 1.66. The fraction of sp³-hybridized carbons (Fsp3) is 0.455. The lowest BCUT2D eigenvalue weighted by atomic mass is 10.1. The van der Waals surface area contributed by atoms with Gasteiger partial charge in [0.05, 0.1) is 12.2 Å². The van der Waals surface area contributed by atoms with Crippen molar-refractivity contribution in [1.29, 1.82) is 0 Å². The van der Waals surface area contributed by atoms with Crippen LogP contribution in [0.1, 0.15) is 13.3 Å². The number of H-pyrrole nitrogens is 1. The van der Waals surface area contributed by atoms with E-state index in [9.17, 15) is 14.4 Å². The first-order valence-electron chi connectivity index (χ1n) is 5.83. The largest absolute Gasteiger partial charge is 0.481 e. The van der Waals surface area contributed by atoms with Crippen molar-refractivity contribution in [3.63, 3.8) is 0 Å². The zero-order chi connectivity index (χ0) is 14.2. The highest BCUT2D eigenvalue weighted by Gasteiger charge is 2.20. The summed E-state index contributed by atoms with van der Waals surface area (Å²) in [6.45, 7) is 1.55. The molecule has 0 radical (unpaired) electrons. The molecule has 0 saturated heterocycles. The maximum atomic E-state index is 12.1. The van der Waals surface area contributed by atoms with Crippen molar-refractivity contribution in [1.82, 2.24) is 19.1 Å². The second-order valence-corrected chi connectivity index (χ2v) is 4.30. The number of carboxylic acids is 1. The van der Waals surface area contributed by atoms with Gasteiger partial charge in [-0.2, -0.15) is 0 Å². The first-order valence-corrected chi connectivity index (χ1v) is 5.83. The zero-order valence-electron chi connectivity index (χ0n) is 10.6. The molecule has 1 atom stereocenters. The lowest BCUT2D eigenvalue weighted by Gasteiger charge is -2.12. The molecule has 2 aromatic rings. The Labute approximate surface area is 107 Å². The van der Waals surface area contributed by atoms with Gasteiger partial charge < -0.3 is 10.1 Å². The number of aliphatic carboxylic acids is 1. The minimum Gasteiger partial charge on any atom is -0.481 e. The van der Waals surface area contributed by atoms with Crippen LogP contribution in [0, 0.1) is 5.92 Å². The molecule has 0 saturated carbocycles. The molecule has 2 heterocycles. The van der Waals surface area contributed by atoms with Gasteiger partial charge in [0.2, 0.25) is 0 Å². The molecule has 0 amide bonds. The number of hydrogen-bond donors (Lipinski definition) is 2. The molecule has 0 fully saturated rings. The number of carbonyl (C=O) groups is 1. The second kappa shape index (κ2) is 4.71. The normalized spacial score (nSPS) is 12.7. The van der Waals surface area contributed by atoms with Gasteiger partial charge in [-0.1, -0.05) is 6.92 Å². The van der Waals surface area contributed by atoms with E-state index in [0.717, 1.165) is 4.57 Å². The average molecular weight is 266 g/mol. The van der Waals surface area contributed by atoms with Gasteiger partial charge in [0.1, 0.15) is 5.52 Å². The summed E-state index contributed by atoms with van der Waals surface area (Å²) in [5, 5.41) is 9.01. The standard InChI is InChI=1S/C11H14N4O4/c1-3-6(10(17)18)4-15-9(16)7-8(13-5-12-7)14(2)11(15)19/h5-6H,3-4H2,1-2H3,(H,12,13)(H,17,18). The molecule has 8 nitrogen and oxygen atoms in total. The van der Waals surface area contributed by atoms with Gasteiger partial charge in [-0.25, -0.2) is 9.78 Å². The Bertz CT molecular complexity index is 739. The van der Waals surface area contributed by atoms with Gasteiger partial charge in [-0.05, 0) is 6.42 Å². The molecule has 0 spiro atoms. The number of aryl methyl sites for hydroxylation is 1. The van der Waals surface area contributed by atoms with Crippen LogP contribution >= 0.6 is 0 Å². The minimum atomic E-state index is -1.03. The monoisotopic (exact) mass is 266 g/mol. The van der Waals surface area contributed by atoms with Crippen molar-refractivity contribution in [2.24, 2.45) is 13.0 Å². The molecule has 1 unspecified atom stereocenters. The third-order valence-electron chi connectivity index (χ3n) is 3.16. The van der Waals surface area contributed by atoms with Crippen LogP contribution in [-0.4, -0.2) is 30.2 Å². The Balaban J connectivity index is 2.64. The highest BCUT2D eigenvalue weighted by Crippen LogP contribution is 2.05. The van der Waals surface area contributed by atoms with Crippen molar-refractivity contribution in [3.8, 4) is 0 Å². The van der Waals surface area contributed by atoms with Crippen LogP contribution in [0.4, 0.5) is 0 Å². The predicted octanol–water partition coefficient (Wildman–Crippen LogP) is -0.466. The van der Waals surface area contributed by atoms with E-state index in [1.807, 2.05) is 0 Å². The fourth-order valence-corrected chi connectivity index (χ4v) is 1.96. The topological polar surface area (TPSA) is 110 Å². The van der Waals surface area contributed by atoms with Gasteiger partial charge in [0.15, 0.2) is 5.65 Å². The van der Waals surface area contributed by atoms with E-state index in [-0.39, 0.29) is 17.7 Å². The number of nitrogens with zero attached hydrogens (tertiary/aromatic N) is 3. The Hall–Kier alpha value is -2.38. The molecule has 0 aliphatic rings. The summed E-state index contributed by atoms with van der Waals surface area (Å²) in [5.41, 5.74) is -0.656. The SMILES string of the molecule is CCC(Cn1c(=O)c2[nH]cnc2n(C)c1=O)C(=O)O. The molecule has 2 N–H and O–H groups in total. The molecule has 102 valence electrons. The molecule has 8 heteroatoms. The van der Waals surface area contributed by atoms with Crippen LogP contribution in [0.5, 0.6) is 0 Å². The van der Waals surface area contributed by atoms with Gasteiger partial charge in [-0.3, -0.25) is 18.7 Å². The number of rotatable bonds is 4. The average Bonchev–Trinajstić information content (AvgIpc) is 2.85. The minimum absolute atomic E-state index is 0.147. The Kier molecular flexibility index (Phi) is 3.24. The van der Waals surface area contributed by atoms with Crippen molar-refractivity contribution in [3.05, 3.63) is 27.2 Å². The maximum absolute atomic E-state index is 12.1. The lowest BCUT2D eigenvalue weighted by Crippen LogP contribution is -2.41. The van der Waals surface area contributed by atoms with Gasteiger partial charge >= 0.3 is 11.7 Å². The van der Waals surface area contributed by atoms with Crippen molar-refractivity contribution >= 4 is 17.1 Å². The second-order valence-electron chi connectivity index (χ2n) is 4.30. The number of nitrogens with one attached hydrogen (secondary N) is 1. The lowest BCUT2D eigenvalue weighted by molar-refractivity contribution is -0.142. The van der Waals surface area contributed by atoms with Crippen LogP contribution in [0.25, 0.3) is 11.2 Å². The summed E-state index contributed by atoms with van der Waals surface area (Å²) >= 11 is 0. The number of aromatic amines is 1. The van der Waals surface area contributed by atoms with Crippen molar-refractivity contribution in [2.75, 3.05) is 0 Å². The van der Waals surface area contributed by atoms with Crippen LogP contribution in [0.3, 0.4) is 0 Å².